The van der Waals surface area contributed by atoms with Gasteiger partial charge in [0.2, 0.25) is 0 Å². The van der Waals surface area contributed by atoms with Gasteiger partial charge in [-0.2, -0.15) is 0 Å². The summed E-state index contributed by atoms with van der Waals surface area (Å²) in [6.07, 6.45) is 2.96. The summed E-state index contributed by atoms with van der Waals surface area (Å²) in [5.74, 6) is 0. The quantitative estimate of drug-likeness (QED) is 0.888. The van der Waals surface area contributed by atoms with Crippen LogP contribution in [0.25, 0.3) is 10.4 Å². The number of nitrogens with one attached hydrogen (secondary N) is 1. The van der Waals surface area contributed by atoms with Gasteiger partial charge in [0.1, 0.15) is 0 Å². The van der Waals surface area contributed by atoms with Crippen LogP contribution in [0.1, 0.15) is 5.69 Å². The third-order valence-corrected chi connectivity index (χ3v) is 3.24. The van der Waals surface area contributed by atoms with Crippen molar-refractivity contribution < 1.29 is 9.53 Å². The van der Waals surface area contributed by atoms with Gasteiger partial charge in [0.25, 0.3) is 0 Å². The molecule has 1 amide bonds. The lowest BCUT2D eigenvalue weighted by Crippen LogP contribution is -2.10. The molecule has 0 unspecified atom stereocenters. The van der Waals surface area contributed by atoms with E-state index in [1.165, 1.54) is 18.4 Å². The fraction of sp³-hybridized carbons (Fsp3) is 0.182. The van der Waals surface area contributed by atoms with Crippen molar-refractivity contribution in [3.8, 4) is 10.4 Å². The number of aryl methyl sites for hydroxylation is 1. The summed E-state index contributed by atoms with van der Waals surface area (Å²) >= 11 is 1.39. The Bertz CT molecular complexity index is 525. The molecule has 2 heterocycles. The number of hydrogen-bond donors (Lipinski definition) is 1. The van der Waals surface area contributed by atoms with Crippen molar-refractivity contribution in [1.29, 1.82) is 0 Å². The second-order valence-corrected chi connectivity index (χ2v) is 4.29. The highest BCUT2D eigenvalue weighted by molar-refractivity contribution is 7.19. The molecule has 0 atom stereocenters. The molecule has 17 heavy (non-hydrogen) atoms. The number of ether oxygens (including phenoxy) is 1. The summed E-state index contributed by atoms with van der Waals surface area (Å²) in [6.45, 7) is 1.89. The average Bonchev–Trinajstić information content (AvgIpc) is 2.71. The number of anilines is 1. The Hall–Kier alpha value is -1.95. The Morgan fingerprint density at radius 3 is 3.00 bits per heavy atom. The molecule has 0 spiro atoms. The van der Waals surface area contributed by atoms with Gasteiger partial charge in [-0.1, -0.05) is 17.4 Å². The Morgan fingerprint density at radius 1 is 1.53 bits per heavy atom. The second-order valence-electron chi connectivity index (χ2n) is 3.29. The molecule has 6 heteroatoms. The highest BCUT2D eigenvalue weighted by atomic mass is 32.1. The van der Waals surface area contributed by atoms with E-state index in [-0.39, 0.29) is 0 Å². The molecular weight excluding hydrogens is 238 g/mol. The lowest BCUT2D eigenvalue weighted by atomic mass is 10.2. The fourth-order valence-corrected chi connectivity index (χ4v) is 2.30. The number of pyridine rings is 1. The molecule has 2 rings (SSSR count). The van der Waals surface area contributed by atoms with E-state index in [2.05, 4.69) is 20.0 Å². The second kappa shape index (κ2) is 4.92. The predicted octanol–water partition coefficient (Wildman–Crippen LogP) is 2.69. The molecule has 1 N–H and O–H groups in total. The first-order valence-corrected chi connectivity index (χ1v) is 5.75. The molecule has 0 aromatic carbocycles. The maximum absolute atomic E-state index is 11.1. The van der Waals surface area contributed by atoms with Crippen molar-refractivity contribution in [2.75, 3.05) is 12.4 Å². The van der Waals surface area contributed by atoms with E-state index in [0.717, 1.165) is 16.1 Å². The third kappa shape index (κ3) is 2.59. The molecule has 5 nitrogen and oxygen atoms in total. The van der Waals surface area contributed by atoms with Gasteiger partial charge in [0.15, 0.2) is 5.13 Å². The van der Waals surface area contributed by atoms with Crippen molar-refractivity contribution in [3.05, 3.63) is 30.2 Å². The molecule has 0 fully saturated rings. The van der Waals surface area contributed by atoms with E-state index in [1.807, 2.05) is 19.1 Å². The predicted molar refractivity (Wildman–Crippen MR) is 66.1 cm³/mol. The SMILES string of the molecule is COC(=O)Nc1nc(C)c(-c2cccnc2)s1. The smallest absolute Gasteiger partial charge is 0.413 e. The van der Waals surface area contributed by atoms with Crippen LogP contribution in [0.2, 0.25) is 0 Å². The Kier molecular flexibility index (Phi) is 3.34. The van der Waals surface area contributed by atoms with Crippen LogP contribution < -0.4 is 5.32 Å². The zero-order chi connectivity index (χ0) is 12.3. The third-order valence-electron chi connectivity index (χ3n) is 2.11. The fourth-order valence-electron chi connectivity index (χ4n) is 1.35. The molecule has 0 bridgehead atoms. The van der Waals surface area contributed by atoms with Crippen LogP contribution in [-0.4, -0.2) is 23.2 Å². The van der Waals surface area contributed by atoms with E-state index in [1.54, 1.807) is 12.4 Å². The topological polar surface area (TPSA) is 64.1 Å². The molecule has 2 aromatic heterocycles. The Labute approximate surface area is 102 Å². The Morgan fingerprint density at radius 2 is 2.35 bits per heavy atom. The summed E-state index contributed by atoms with van der Waals surface area (Å²) in [5, 5.41) is 3.07. The molecule has 0 aliphatic carbocycles. The summed E-state index contributed by atoms with van der Waals surface area (Å²) in [5.41, 5.74) is 1.84. The van der Waals surface area contributed by atoms with Crippen LogP contribution in [0.5, 0.6) is 0 Å². The molecule has 0 saturated carbocycles. The van der Waals surface area contributed by atoms with Gasteiger partial charge < -0.3 is 4.74 Å². The molecule has 0 radical (unpaired) electrons. The highest BCUT2D eigenvalue weighted by Gasteiger charge is 2.11. The number of carbonyl (C=O) groups excluding carboxylic acids is 1. The van der Waals surface area contributed by atoms with Crippen molar-refractivity contribution in [3.63, 3.8) is 0 Å². The number of rotatable bonds is 2. The number of aromatic nitrogens is 2. The molecule has 88 valence electrons. The average molecular weight is 249 g/mol. The first-order chi connectivity index (χ1) is 8.20. The molecule has 2 aromatic rings. The minimum Gasteiger partial charge on any atom is -0.453 e. The number of amides is 1. The highest BCUT2D eigenvalue weighted by Crippen LogP contribution is 2.31. The van der Waals surface area contributed by atoms with Gasteiger partial charge in [-0.15, -0.1) is 0 Å². The van der Waals surface area contributed by atoms with Gasteiger partial charge in [0, 0.05) is 18.0 Å². The number of methoxy groups -OCH3 is 1. The minimum atomic E-state index is -0.517. The lowest BCUT2D eigenvalue weighted by Gasteiger charge is -1.97. The van der Waals surface area contributed by atoms with Crippen molar-refractivity contribution in [2.45, 2.75) is 6.92 Å². The monoisotopic (exact) mass is 249 g/mol. The van der Waals surface area contributed by atoms with Crippen LogP contribution >= 0.6 is 11.3 Å². The molecule has 0 saturated heterocycles. The van der Waals surface area contributed by atoms with E-state index >= 15 is 0 Å². The standard InChI is InChI=1S/C11H11N3O2S/c1-7-9(8-4-3-5-12-6-8)17-10(13-7)14-11(15)16-2/h3-6H,1-2H3,(H,13,14,15). The van der Waals surface area contributed by atoms with E-state index in [0.29, 0.717) is 5.13 Å². The summed E-state index contributed by atoms with van der Waals surface area (Å²) in [6, 6.07) is 3.82. The Balaban J connectivity index is 2.28. The van der Waals surface area contributed by atoms with Gasteiger partial charge in [0.05, 0.1) is 17.7 Å². The number of nitrogens with zero attached hydrogens (tertiary/aromatic N) is 2. The van der Waals surface area contributed by atoms with Gasteiger partial charge in [-0.3, -0.25) is 10.3 Å². The molecule has 0 aliphatic heterocycles. The van der Waals surface area contributed by atoms with Crippen LogP contribution in [0.4, 0.5) is 9.93 Å². The number of carbonyl (C=O) groups is 1. The normalized spacial score (nSPS) is 10.0. The summed E-state index contributed by atoms with van der Waals surface area (Å²) in [4.78, 5) is 20.4. The number of thiazole rings is 1. The van der Waals surface area contributed by atoms with Crippen molar-refractivity contribution >= 4 is 22.6 Å². The van der Waals surface area contributed by atoms with Crippen LogP contribution in [0.15, 0.2) is 24.5 Å². The lowest BCUT2D eigenvalue weighted by molar-refractivity contribution is 0.187. The maximum atomic E-state index is 11.1. The summed E-state index contributed by atoms with van der Waals surface area (Å²) in [7, 11) is 1.32. The first-order valence-electron chi connectivity index (χ1n) is 4.93. The van der Waals surface area contributed by atoms with E-state index in [4.69, 9.17) is 0 Å². The number of hydrogen-bond acceptors (Lipinski definition) is 5. The summed E-state index contributed by atoms with van der Waals surface area (Å²) < 4.78 is 4.51. The van der Waals surface area contributed by atoms with Crippen molar-refractivity contribution in [2.24, 2.45) is 0 Å². The van der Waals surface area contributed by atoms with Gasteiger partial charge in [-0.05, 0) is 13.0 Å². The minimum absolute atomic E-state index is 0.517. The van der Waals surface area contributed by atoms with Crippen LogP contribution in [-0.2, 0) is 4.74 Å². The molecular formula is C11H11N3O2S. The van der Waals surface area contributed by atoms with E-state index in [9.17, 15) is 4.79 Å². The largest absolute Gasteiger partial charge is 0.453 e. The van der Waals surface area contributed by atoms with Crippen molar-refractivity contribution in [1.82, 2.24) is 9.97 Å². The van der Waals surface area contributed by atoms with Gasteiger partial charge >= 0.3 is 6.09 Å². The molecule has 0 aliphatic rings. The van der Waals surface area contributed by atoms with Gasteiger partial charge in [-0.25, -0.2) is 9.78 Å². The first kappa shape index (κ1) is 11.5. The maximum Gasteiger partial charge on any atom is 0.413 e. The van der Waals surface area contributed by atoms with Crippen LogP contribution in [0, 0.1) is 6.92 Å². The zero-order valence-corrected chi connectivity index (χ0v) is 10.2. The zero-order valence-electron chi connectivity index (χ0n) is 9.43. The van der Waals surface area contributed by atoms with E-state index < -0.39 is 6.09 Å². The van der Waals surface area contributed by atoms with Crippen LogP contribution in [0.3, 0.4) is 0 Å².